The Hall–Kier alpha value is -2.14. The van der Waals surface area contributed by atoms with Crippen molar-refractivity contribution >= 4 is 0 Å². The van der Waals surface area contributed by atoms with Crippen LogP contribution in [0.3, 0.4) is 0 Å². The number of hydrogen-bond acceptors (Lipinski definition) is 0. The predicted molar refractivity (Wildman–Crippen MR) is 118 cm³/mol. The van der Waals surface area contributed by atoms with Crippen LogP contribution in [0.1, 0.15) is 76.3 Å². The minimum atomic E-state index is -0.567. The molecule has 2 heteroatoms. The molecule has 0 atom stereocenters. The number of benzene rings is 2. The zero-order chi connectivity index (χ0) is 20.6. The van der Waals surface area contributed by atoms with Gasteiger partial charge in [-0.2, -0.15) is 0 Å². The standard InChI is InChI=1S/C27H32F2/c1-3-5-7-21-12-15-23(16-13-21)24-18-26(28)25(27(29)19-24)17-14-22-10-8-20(6-4-2)9-11-22/h12-13,15-16,18-20,22H,3-11H2,1-2H3. The summed E-state index contributed by atoms with van der Waals surface area (Å²) >= 11 is 0. The van der Waals surface area contributed by atoms with Gasteiger partial charge in [-0.3, -0.25) is 0 Å². The molecule has 0 aliphatic heterocycles. The molecule has 0 spiro atoms. The Morgan fingerprint density at radius 1 is 0.862 bits per heavy atom. The molecule has 0 heterocycles. The molecule has 0 unspecified atom stereocenters. The highest BCUT2D eigenvalue weighted by Gasteiger charge is 2.19. The second-order valence-electron chi connectivity index (χ2n) is 8.39. The Kier molecular flexibility index (Phi) is 7.87. The summed E-state index contributed by atoms with van der Waals surface area (Å²) in [5.74, 6) is 5.88. The molecule has 0 amide bonds. The van der Waals surface area contributed by atoms with Crippen LogP contribution in [0, 0.1) is 35.3 Å². The fourth-order valence-electron chi connectivity index (χ4n) is 4.28. The quantitative estimate of drug-likeness (QED) is 0.436. The summed E-state index contributed by atoms with van der Waals surface area (Å²) in [7, 11) is 0. The summed E-state index contributed by atoms with van der Waals surface area (Å²) in [6, 6.07) is 10.8. The first-order valence-corrected chi connectivity index (χ1v) is 11.2. The van der Waals surface area contributed by atoms with Gasteiger partial charge in [0.2, 0.25) is 0 Å². The van der Waals surface area contributed by atoms with Crippen LogP contribution in [-0.2, 0) is 6.42 Å². The van der Waals surface area contributed by atoms with Crippen molar-refractivity contribution in [1.29, 1.82) is 0 Å². The summed E-state index contributed by atoms with van der Waals surface area (Å²) < 4.78 is 29.2. The van der Waals surface area contributed by atoms with Gasteiger partial charge in [0.15, 0.2) is 0 Å². The number of aryl methyl sites for hydroxylation is 1. The summed E-state index contributed by atoms with van der Waals surface area (Å²) in [6.45, 7) is 4.39. The van der Waals surface area contributed by atoms with Crippen LogP contribution < -0.4 is 0 Å². The van der Waals surface area contributed by atoms with Gasteiger partial charge in [0, 0.05) is 5.92 Å². The minimum Gasteiger partial charge on any atom is -0.205 e. The maximum absolute atomic E-state index is 14.6. The highest BCUT2D eigenvalue weighted by atomic mass is 19.1. The molecule has 1 fully saturated rings. The lowest BCUT2D eigenvalue weighted by atomic mass is 9.80. The van der Waals surface area contributed by atoms with E-state index in [1.165, 1.54) is 43.4 Å². The summed E-state index contributed by atoms with van der Waals surface area (Å²) in [5, 5.41) is 0. The van der Waals surface area contributed by atoms with Crippen molar-refractivity contribution in [2.45, 2.75) is 71.6 Å². The number of hydrogen-bond donors (Lipinski definition) is 0. The molecule has 1 aliphatic rings. The summed E-state index contributed by atoms with van der Waals surface area (Å²) in [6.07, 6.45) is 10.3. The molecule has 1 saturated carbocycles. The maximum atomic E-state index is 14.6. The summed E-state index contributed by atoms with van der Waals surface area (Å²) in [5.41, 5.74) is 2.56. The molecule has 0 saturated heterocycles. The van der Waals surface area contributed by atoms with E-state index in [2.05, 4.69) is 25.7 Å². The van der Waals surface area contributed by atoms with Crippen LogP contribution in [0.2, 0.25) is 0 Å². The second kappa shape index (κ2) is 10.6. The Morgan fingerprint density at radius 2 is 1.52 bits per heavy atom. The topological polar surface area (TPSA) is 0 Å². The third-order valence-electron chi connectivity index (χ3n) is 6.09. The van der Waals surface area contributed by atoms with Crippen LogP contribution in [0.4, 0.5) is 8.78 Å². The Bertz CT molecular complexity index is 823. The SMILES string of the molecule is CCCCc1ccc(-c2cc(F)c(C#CC3CCC(CCC)CC3)c(F)c2)cc1. The van der Waals surface area contributed by atoms with Crippen LogP contribution in [0.5, 0.6) is 0 Å². The Balaban J connectivity index is 1.70. The summed E-state index contributed by atoms with van der Waals surface area (Å²) in [4.78, 5) is 0. The van der Waals surface area contributed by atoms with E-state index in [9.17, 15) is 8.78 Å². The van der Waals surface area contributed by atoms with Gasteiger partial charge >= 0.3 is 0 Å². The van der Waals surface area contributed by atoms with Gasteiger partial charge in [0.05, 0.1) is 5.56 Å². The van der Waals surface area contributed by atoms with E-state index in [4.69, 9.17) is 0 Å². The van der Waals surface area contributed by atoms with Crippen molar-refractivity contribution in [2.24, 2.45) is 11.8 Å². The van der Waals surface area contributed by atoms with Crippen LogP contribution in [0.15, 0.2) is 36.4 Å². The normalized spacial score (nSPS) is 18.9. The smallest absolute Gasteiger partial charge is 0.142 e. The van der Waals surface area contributed by atoms with Crippen molar-refractivity contribution in [3.63, 3.8) is 0 Å². The van der Waals surface area contributed by atoms with E-state index in [0.717, 1.165) is 43.6 Å². The Labute approximate surface area is 174 Å². The third kappa shape index (κ3) is 5.92. The van der Waals surface area contributed by atoms with Gasteiger partial charge in [-0.1, -0.05) is 69.2 Å². The number of halogens is 2. The van der Waals surface area contributed by atoms with Crippen LogP contribution >= 0.6 is 0 Å². The first-order chi connectivity index (χ1) is 14.1. The van der Waals surface area contributed by atoms with Crippen molar-refractivity contribution in [3.05, 3.63) is 59.2 Å². The second-order valence-corrected chi connectivity index (χ2v) is 8.39. The van der Waals surface area contributed by atoms with Crippen molar-refractivity contribution in [3.8, 4) is 23.0 Å². The van der Waals surface area contributed by atoms with E-state index in [1.807, 2.05) is 24.3 Å². The lowest BCUT2D eigenvalue weighted by Crippen LogP contribution is -2.13. The molecule has 3 rings (SSSR count). The van der Waals surface area contributed by atoms with Gasteiger partial charge < -0.3 is 0 Å². The molecule has 0 radical (unpaired) electrons. The molecule has 29 heavy (non-hydrogen) atoms. The molecular formula is C27H32F2. The third-order valence-corrected chi connectivity index (χ3v) is 6.09. The molecule has 0 nitrogen and oxygen atoms in total. The average Bonchev–Trinajstić information content (AvgIpc) is 2.73. The van der Waals surface area contributed by atoms with Crippen LogP contribution in [-0.4, -0.2) is 0 Å². The highest BCUT2D eigenvalue weighted by Crippen LogP contribution is 2.31. The molecule has 2 aromatic rings. The first kappa shape index (κ1) is 21.6. The first-order valence-electron chi connectivity index (χ1n) is 11.2. The molecule has 0 bridgehead atoms. The van der Waals surface area contributed by atoms with E-state index < -0.39 is 11.6 Å². The predicted octanol–water partition coefficient (Wildman–Crippen LogP) is 7.93. The van der Waals surface area contributed by atoms with Gasteiger partial charge in [0.1, 0.15) is 11.6 Å². The van der Waals surface area contributed by atoms with E-state index >= 15 is 0 Å². The van der Waals surface area contributed by atoms with E-state index in [0.29, 0.717) is 5.56 Å². The Morgan fingerprint density at radius 3 is 2.10 bits per heavy atom. The van der Waals surface area contributed by atoms with Gasteiger partial charge in [-0.25, -0.2) is 8.78 Å². The maximum Gasteiger partial charge on any atom is 0.142 e. The van der Waals surface area contributed by atoms with Crippen molar-refractivity contribution in [2.75, 3.05) is 0 Å². The van der Waals surface area contributed by atoms with E-state index in [1.54, 1.807) is 0 Å². The number of rotatable bonds is 6. The molecule has 0 aromatic heterocycles. The zero-order valence-electron chi connectivity index (χ0n) is 17.7. The van der Waals surface area contributed by atoms with Crippen molar-refractivity contribution < 1.29 is 8.78 Å². The lowest BCUT2D eigenvalue weighted by Gasteiger charge is -2.25. The largest absolute Gasteiger partial charge is 0.205 e. The highest BCUT2D eigenvalue weighted by molar-refractivity contribution is 5.65. The van der Waals surface area contributed by atoms with Crippen LogP contribution in [0.25, 0.3) is 11.1 Å². The lowest BCUT2D eigenvalue weighted by molar-refractivity contribution is 0.300. The molecule has 1 aliphatic carbocycles. The molecule has 154 valence electrons. The molecular weight excluding hydrogens is 362 g/mol. The molecule has 0 N–H and O–H groups in total. The monoisotopic (exact) mass is 394 g/mol. The van der Waals surface area contributed by atoms with Gasteiger partial charge in [-0.05, 0) is 73.3 Å². The minimum absolute atomic E-state index is 0.0935. The van der Waals surface area contributed by atoms with Gasteiger partial charge in [-0.15, -0.1) is 0 Å². The fraction of sp³-hybridized carbons (Fsp3) is 0.481. The zero-order valence-corrected chi connectivity index (χ0v) is 17.7. The average molecular weight is 395 g/mol. The van der Waals surface area contributed by atoms with E-state index in [-0.39, 0.29) is 11.5 Å². The van der Waals surface area contributed by atoms with Gasteiger partial charge in [0.25, 0.3) is 0 Å². The number of unbranched alkanes of at least 4 members (excludes halogenated alkanes) is 1. The van der Waals surface area contributed by atoms with Crippen molar-refractivity contribution in [1.82, 2.24) is 0 Å². The molecule has 2 aromatic carbocycles. The fourth-order valence-corrected chi connectivity index (χ4v) is 4.28.